The molecule has 0 spiro atoms. The van der Waals surface area contributed by atoms with Gasteiger partial charge < -0.3 is 5.32 Å². The van der Waals surface area contributed by atoms with Gasteiger partial charge in [-0.1, -0.05) is 101 Å². The molecule has 1 N–H and O–H groups in total. The Bertz CT molecular complexity index is 1070. The van der Waals surface area contributed by atoms with Gasteiger partial charge in [0.2, 0.25) is 0 Å². The van der Waals surface area contributed by atoms with Crippen LogP contribution >= 0.6 is 15.9 Å². The molecule has 0 saturated carbocycles. The summed E-state index contributed by atoms with van der Waals surface area (Å²) < 4.78 is 1.08. The molecule has 0 aliphatic heterocycles. The van der Waals surface area contributed by atoms with Crippen molar-refractivity contribution >= 4 is 32.8 Å². The van der Waals surface area contributed by atoms with Crippen LogP contribution in [0.4, 0.5) is 5.69 Å². The fraction of sp³-hybridized carbons (Fsp3) is 0.103. The number of halogens is 1. The van der Waals surface area contributed by atoms with Gasteiger partial charge >= 0.3 is 0 Å². The van der Waals surface area contributed by atoms with E-state index in [2.05, 4.69) is 132 Å². The molecule has 0 fully saturated rings. The van der Waals surface area contributed by atoms with Gasteiger partial charge in [0.1, 0.15) is 0 Å². The summed E-state index contributed by atoms with van der Waals surface area (Å²) in [4.78, 5) is 0. The van der Waals surface area contributed by atoms with E-state index in [1.807, 2.05) is 18.2 Å². The molecular formula is C29H28BrN. The fourth-order valence-corrected chi connectivity index (χ4v) is 3.57. The first-order valence-corrected chi connectivity index (χ1v) is 11.3. The molecule has 0 aromatic heterocycles. The second-order valence-corrected chi connectivity index (χ2v) is 8.15. The quantitative estimate of drug-likeness (QED) is 0.324. The van der Waals surface area contributed by atoms with Gasteiger partial charge in [-0.15, -0.1) is 0 Å². The molecule has 0 saturated heterocycles. The summed E-state index contributed by atoms with van der Waals surface area (Å²) in [5, 5.41) is 3.48. The van der Waals surface area contributed by atoms with Crippen LogP contribution in [0.2, 0.25) is 0 Å². The second-order valence-electron chi connectivity index (χ2n) is 7.23. The van der Waals surface area contributed by atoms with Crippen LogP contribution in [0.3, 0.4) is 0 Å². The van der Waals surface area contributed by atoms with Gasteiger partial charge in [0.05, 0.1) is 0 Å². The van der Waals surface area contributed by atoms with Crippen LogP contribution < -0.4 is 5.32 Å². The molecule has 31 heavy (non-hydrogen) atoms. The minimum absolute atomic E-state index is 0.858. The molecule has 3 aromatic carbocycles. The van der Waals surface area contributed by atoms with Crippen LogP contribution in [-0.2, 0) is 0 Å². The lowest BCUT2D eigenvalue weighted by molar-refractivity contribution is 1.35. The summed E-state index contributed by atoms with van der Waals surface area (Å²) in [6.45, 7) is 4.18. The highest BCUT2D eigenvalue weighted by Gasteiger charge is 2.00. The Morgan fingerprint density at radius 1 is 0.806 bits per heavy atom. The molecule has 0 aliphatic carbocycles. The molecule has 0 aliphatic rings. The van der Waals surface area contributed by atoms with Gasteiger partial charge in [-0.3, -0.25) is 0 Å². The van der Waals surface area contributed by atoms with E-state index in [0.717, 1.165) is 22.3 Å². The van der Waals surface area contributed by atoms with Crippen molar-refractivity contribution in [2.24, 2.45) is 0 Å². The molecule has 0 amide bonds. The molecule has 0 atom stereocenters. The molecule has 1 nitrogen and oxygen atoms in total. The minimum atomic E-state index is 0.858. The molecule has 0 radical (unpaired) electrons. The highest BCUT2D eigenvalue weighted by atomic mass is 79.9. The molecule has 2 heteroatoms. The Morgan fingerprint density at radius 3 is 1.97 bits per heavy atom. The Hall–Kier alpha value is -3.10. The minimum Gasteiger partial charge on any atom is -0.359 e. The lowest BCUT2D eigenvalue weighted by atomic mass is 10.0. The zero-order chi connectivity index (χ0) is 21.9. The average molecular weight is 470 g/mol. The van der Waals surface area contributed by atoms with Crippen molar-refractivity contribution in [3.63, 3.8) is 0 Å². The standard InChI is InChI=1S/C29H28BrN/c1-3-24(25-13-6-4-7-14-25)12-10-11-17-27(26-15-8-5-9-16-26)22-23(2)31-29-20-18-28(30)19-21-29/h3-10,12-22,31H,11H2,1-2H3. The summed E-state index contributed by atoms with van der Waals surface area (Å²) >= 11 is 3.49. The first-order chi connectivity index (χ1) is 15.2. The van der Waals surface area contributed by atoms with E-state index in [1.54, 1.807) is 0 Å². The summed E-state index contributed by atoms with van der Waals surface area (Å²) in [7, 11) is 0. The normalized spacial score (nSPS) is 12.9. The lowest BCUT2D eigenvalue weighted by Crippen LogP contribution is -1.96. The molecular weight excluding hydrogens is 442 g/mol. The van der Waals surface area contributed by atoms with Crippen molar-refractivity contribution in [3.8, 4) is 0 Å². The summed E-state index contributed by atoms with van der Waals surface area (Å²) in [5.41, 5.74) is 7.06. The van der Waals surface area contributed by atoms with E-state index < -0.39 is 0 Å². The van der Waals surface area contributed by atoms with Crippen LogP contribution in [0.25, 0.3) is 11.1 Å². The maximum Gasteiger partial charge on any atom is 0.0382 e. The summed E-state index contributed by atoms with van der Waals surface area (Å²) in [6, 6.07) is 29.2. The Labute approximate surface area is 194 Å². The molecule has 0 bridgehead atoms. The van der Waals surface area contributed by atoms with Crippen LogP contribution in [-0.4, -0.2) is 0 Å². The highest BCUT2D eigenvalue weighted by Crippen LogP contribution is 2.21. The predicted molar refractivity (Wildman–Crippen MR) is 140 cm³/mol. The molecule has 3 aromatic rings. The van der Waals surface area contributed by atoms with E-state index in [4.69, 9.17) is 0 Å². The van der Waals surface area contributed by atoms with Crippen molar-refractivity contribution in [2.45, 2.75) is 20.3 Å². The van der Waals surface area contributed by atoms with Crippen molar-refractivity contribution in [3.05, 3.63) is 137 Å². The number of anilines is 1. The topological polar surface area (TPSA) is 12.0 Å². The maximum atomic E-state index is 3.49. The van der Waals surface area contributed by atoms with Gasteiger partial charge in [0.25, 0.3) is 0 Å². The number of allylic oxidation sites excluding steroid dienone is 8. The molecule has 3 rings (SSSR count). The van der Waals surface area contributed by atoms with Crippen LogP contribution in [0.1, 0.15) is 31.4 Å². The monoisotopic (exact) mass is 469 g/mol. The summed E-state index contributed by atoms with van der Waals surface area (Å²) in [5.74, 6) is 0. The number of benzene rings is 3. The third-order valence-corrected chi connectivity index (χ3v) is 5.38. The van der Waals surface area contributed by atoms with Crippen molar-refractivity contribution in [1.82, 2.24) is 0 Å². The van der Waals surface area contributed by atoms with Crippen molar-refractivity contribution in [1.29, 1.82) is 0 Å². The van der Waals surface area contributed by atoms with Crippen molar-refractivity contribution in [2.75, 3.05) is 5.32 Å². The number of hydrogen-bond donors (Lipinski definition) is 1. The Morgan fingerprint density at radius 2 is 1.39 bits per heavy atom. The number of rotatable bonds is 8. The van der Waals surface area contributed by atoms with E-state index in [0.29, 0.717) is 0 Å². The first-order valence-electron chi connectivity index (χ1n) is 10.5. The second kappa shape index (κ2) is 11.9. The van der Waals surface area contributed by atoms with E-state index in [1.165, 1.54) is 22.3 Å². The molecule has 156 valence electrons. The zero-order valence-corrected chi connectivity index (χ0v) is 19.6. The van der Waals surface area contributed by atoms with Gasteiger partial charge in [-0.25, -0.2) is 0 Å². The number of hydrogen-bond acceptors (Lipinski definition) is 1. The van der Waals surface area contributed by atoms with Gasteiger partial charge in [-0.2, -0.15) is 0 Å². The van der Waals surface area contributed by atoms with Gasteiger partial charge in [-0.05, 0) is 72.9 Å². The highest BCUT2D eigenvalue weighted by molar-refractivity contribution is 9.10. The van der Waals surface area contributed by atoms with Crippen LogP contribution in [0.5, 0.6) is 0 Å². The first kappa shape index (κ1) is 22.6. The van der Waals surface area contributed by atoms with E-state index >= 15 is 0 Å². The lowest BCUT2D eigenvalue weighted by Gasteiger charge is -2.09. The predicted octanol–water partition coefficient (Wildman–Crippen LogP) is 8.90. The SMILES string of the molecule is CC=C(C=CCC=C(C=C(C)Nc1ccc(Br)cc1)c1ccccc1)c1ccccc1. The fourth-order valence-electron chi connectivity index (χ4n) is 3.30. The van der Waals surface area contributed by atoms with Crippen molar-refractivity contribution < 1.29 is 0 Å². The number of nitrogens with one attached hydrogen (secondary N) is 1. The maximum absolute atomic E-state index is 3.49. The third kappa shape index (κ3) is 7.27. The van der Waals surface area contributed by atoms with Crippen LogP contribution in [0.15, 0.2) is 125 Å². The largest absolute Gasteiger partial charge is 0.359 e. The van der Waals surface area contributed by atoms with Gasteiger partial charge in [0.15, 0.2) is 0 Å². The average Bonchev–Trinajstić information content (AvgIpc) is 2.81. The van der Waals surface area contributed by atoms with Crippen LogP contribution in [0, 0.1) is 0 Å². The van der Waals surface area contributed by atoms with Gasteiger partial charge in [0, 0.05) is 15.9 Å². The molecule has 0 heterocycles. The Kier molecular flexibility index (Phi) is 8.69. The molecule has 0 unspecified atom stereocenters. The Balaban J connectivity index is 1.77. The zero-order valence-electron chi connectivity index (χ0n) is 18.1. The third-order valence-electron chi connectivity index (χ3n) is 4.85. The summed E-state index contributed by atoms with van der Waals surface area (Å²) in [6.07, 6.45) is 11.9. The smallest absolute Gasteiger partial charge is 0.0382 e. The van der Waals surface area contributed by atoms with E-state index in [-0.39, 0.29) is 0 Å². The van der Waals surface area contributed by atoms with E-state index in [9.17, 15) is 0 Å².